The lowest BCUT2D eigenvalue weighted by Gasteiger charge is -2.12. The molecule has 2 aromatic rings. The Labute approximate surface area is 183 Å². The molecule has 6 heteroatoms. The van der Waals surface area contributed by atoms with Gasteiger partial charge in [0, 0.05) is 24.7 Å². The number of hydrogen-bond donors (Lipinski definition) is 1. The first-order chi connectivity index (χ1) is 14.9. The Bertz CT molecular complexity index is 928. The van der Waals surface area contributed by atoms with E-state index in [1.54, 1.807) is 27.2 Å². The van der Waals surface area contributed by atoms with Crippen LogP contribution in [0.4, 0.5) is 0 Å². The van der Waals surface area contributed by atoms with Gasteiger partial charge in [0.25, 0.3) is 0 Å². The van der Waals surface area contributed by atoms with Crippen LogP contribution in [0.1, 0.15) is 25.0 Å². The van der Waals surface area contributed by atoms with Crippen molar-refractivity contribution in [3.63, 3.8) is 0 Å². The van der Waals surface area contributed by atoms with E-state index in [-0.39, 0.29) is 0 Å². The molecular weight excluding hydrogens is 396 g/mol. The largest absolute Gasteiger partial charge is 0.497 e. The maximum absolute atomic E-state index is 11.2. The molecule has 0 aromatic heterocycles. The predicted molar refractivity (Wildman–Crippen MR) is 119 cm³/mol. The topological polar surface area (TPSA) is 74.2 Å². The standard InChI is InChI=1S/C25H28O6/c1-5-30-24(25(26)27)16-19-8-10-21(11-9-19)31-13-12-18(2)6-7-20-14-22(28-3)17-23(15-20)29-4/h8-12,14-15,17,24H,5,13,16H2,1-4H3,(H,26,27)/t24-/m0/s1. The van der Waals surface area contributed by atoms with Crippen LogP contribution >= 0.6 is 0 Å². The molecule has 2 rings (SSSR count). The Hall–Kier alpha value is -3.43. The Kier molecular flexibility index (Phi) is 9.47. The van der Waals surface area contributed by atoms with Crippen LogP contribution in [0.2, 0.25) is 0 Å². The van der Waals surface area contributed by atoms with Crippen molar-refractivity contribution in [2.45, 2.75) is 26.4 Å². The fourth-order valence-corrected chi connectivity index (χ4v) is 2.72. The zero-order valence-electron chi connectivity index (χ0n) is 18.3. The first-order valence-corrected chi connectivity index (χ1v) is 9.93. The Morgan fingerprint density at radius 1 is 1.06 bits per heavy atom. The second-order valence-corrected chi connectivity index (χ2v) is 6.68. The maximum atomic E-state index is 11.2. The second-order valence-electron chi connectivity index (χ2n) is 6.68. The molecule has 0 saturated carbocycles. The van der Waals surface area contributed by atoms with Gasteiger partial charge < -0.3 is 24.1 Å². The van der Waals surface area contributed by atoms with Crippen molar-refractivity contribution in [3.8, 4) is 29.1 Å². The summed E-state index contributed by atoms with van der Waals surface area (Å²) in [5.74, 6) is 7.30. The summed E-state index contributed by atoms with van der Waals surface area (Å²) in [5.41, 5.74) is 2.55. The zero-order valence-corrected chi connectivity index (χ0v) is 18.3. The van der Waals surface area contributed by atoms with Crippen molar-refractivity contribution in [1.82, 2.24) is 0 Å². The number of carbonyl (C=O) groups is 1. The third-order valence-corrected chi connectivity index (χ3v) is 4.38. The Balaban J connectivity index is 1.93. The lowest BCUT2D eigenvalue weighted by atomic mass is 10.1. The molecule has 0 bridgehead atoms. The highest BCUT2D eigenvalue weighted by atomic mass is 16.5. The smallest absolute Gasteiger partial charge is 0.333 e. The molecular formula is C25H28O6. The highest BCUT2D eigenvalue weighted by molar-refractivity contribution is 5.72. The normalized spacial score (nSPS) is 11.8. The summed E-state index contributed by atoms with van der Waals surface area (Å²) in [4.78, 5) is 11.2. The van der Waals surface area contributed by atoms with E-state index in [9.17, 15) is 9.90 Å². The van der Waals surface area contributed by atoms with Gasteiger partial charge in [-0.3, -0.25) is 0 Å². The molecule has 31 heavy (non-hydrogen) atoms. The van der Waals surface area contributed by atoms with E-state index in [4.69, 9.17) is 18.9 Å². The van der Waals surface area contributed by atoms with E-state index >= 15 is 0 Å². The van der Waals surface area contributed by atoms with E-state index in [0.29, 0.717) is 36.9 Å². The quantitative estimate of drug-likeness (QED) is 0.579. The van der Waals surface area contributed by atoms with E-state index in [2.05, 4.69) is 11.8 Å². The van der Waals surface area contributed by atoms with Crippen LogP contribution in [0.3, 0.4) is 0 Å². The number of aliphatic carboxylic acids is 1. The van der Waals surface area contributed by atoms with Gasteiger partial charge in [-0.15, -0.1) is 0 Å². The summed E-state index contributed by atoms with van der Waals surface area (Å²) < 4.78 is 21.5. The Morgan fingerprint density at radius 2 is 1.71 bits per heavy atom. The molecule has 0 aliphatic heterocycles. The van der Waals surface area contributed by atoms with E-state index in [1.165, 1.54) is 0 Å². The molecule has 6 nitrogen and oxygen atoms in total. The van der Waals surface area contributed by atoms with Crippen LogP contribution in [0.15, 0.2) is 54.1 Å². The SMILES string of the molecule is CCO[C@@H](Cc1ccc(OCC=C(C)C#Cc2cc(OC)cc(OC)c2)cc1)C(=O)O. The van der Waals surface area contributed by atoms with Gasteiger partial charge in [0.05, 0.1) is 14.2 Å². The summed E-state index contributed by atoms with van der Waals surface area (Å²) in [6.45, 7) is 4.42. The molecule has 0 amide bonds. The van der Waals surface area contributed by atoms with Crippen LogP contribution in [0.25, 0.3) is 0 Å². The number of methoxy groups -OCH3 is 2. The van der Waals surface area contributed by atoms with Gasteiger partial charge in [0.2, 0.25) is 0 Å². The monoisotopic (exact) mass is 424 g/mol. The molecule has 0 aliphatic carbocycles. The van der Waals surface area contributed by atoms with Crippen LogP contribution in [0.5, 0.6) is 17.2 Å². The molecule has 2 aromatic carbocycles. The summed E-state index contributed by atoms with van der Waals surface area (Å²) in [5, 5.41) is 9.18. The van der Waals surface area contributed by atoms with Gasteiger partial charge in [-0.2, -0.15) is 0 Å². The average molecular weight is 424 g/mol. The number of rotatable bonds is 10. The van der Waals surface area contributed by atoms with Crippen LogP contribution in [-0.4, -0.2) is 44.6 Å². The van der Waals surface area contributed by atoms with E-state index in [0.717, 1.165) is 16.7 Å². The highest BCUT2D eigenvalue weighted by Gasteiger charge is 2.17. The van der Waals surface area contributed by atoms with Crippen molar-refractivity contribution >= 4 is 5.97 Å². The minimum absolute atomic E-state index is 0.313. The first-order valence-electron chi connectivity index (χ1n) is 9.93. The first kappa shape index (κ1) is 23.8. The predicted octanol–water partition coefficient (Wildman–Crippen LogP) is 4.11. The summed E-state index contributed by atoms with van der Waals surface area (Å²) in [6, 6.07) is 12.8. The zero-order chi connectivity index (χ0) is 22.6. The van der Waals surface area contributed by atoms with Gasteiger partial charge >= 0.3 is 5.97 Å². The third kappa shape index (κ3) is 8.07. The maximum Gasteiger partial charge on any atom is 0.333 e. The van der Waals surface area contributed by atoms with Gasteiger partial charge in [0.15, 0.2) is 6.10 Å². The van der Waals surface area contributed by atoms with Gasteiger partial charge in [-0.1, -0.05) is 24.0 Å². The molecule has 1 N–H and O–H groups in total. The van der Waals surface area contributed by atoms with Crippen molar-refractivity contribution in [2.24, 2.45) is 0 Å². The molecule has 0 saturated heterocycles. The second kappa shape index (κ2) is 12.3. The number of hydrogen-bond acceptors (Lipinski definition) is 5. The molecule has 0 aliphatic rings. The van der Waals surface area contributed by atoms with Crippen molar-refractivity contribution in [2.75, 3.05) is 27.4 Å². The van der Waals surface area contributed by atoms with Crippen LogP contribution < -0.4 is 14.2 Å². The molecule has 0 unspecified atom stereocenters. The lowest BCUT2D eigenvalue weighted by Crippen LogP contribution is -2.26. The number of ether oxygens (including phenoxy) is 4. The molecule has 1 atom stereocenters. The molecule has 0 spiro atoms. The highest BCUT2D eigenvalue weighted by Crippen LogP contribution is 2.22. The van der Waals surface area contributed by atoms with Crippen LogP contribution in [0, 0.1) is 11.8 Å². The average Bonchev–Trinajstić information content (AvgIpc) is 2.78. The minimum atomic E-state index is -0.962. The van der Waals surface area contributed by atoms with Crippen LogP contribution in [-0.2, 0) is 16.0 Å². The van der Waals surface area contributed by atoms with E-state index < -0.39 is 12.1 Å². The van der Waals surface area contributed by atoms with Gasteiger partial charge in [-0.05, 0) is 55.3 Å². The number of carboxylic acids is 1. The third-order valence-electron chi connectivity index (χ3n) is 4.38. The van der Waals surface area contributed by atoms with E-state index in [1.807, 2.05) is 49.4 Å². The fraction of sp³-hybridized carbons (Fsp3) is 0.320. The van der Waals surface area contributed by atoms with Crippen molar-refractivity contribution in [3.05, 3.63) is 65.2 Å². The summed E-state index contributed by atoms with van der Waals surface area (Å²) in [6.07, 6.45) is 1.37. The van der Waals surface area contributed by atoms with Gasteiger partial charge in [0.1, 0.15) is 23.9 Å². The fourth-order valence-electron chi connectivity index (χ4n) is 2.72. The summed E-state index contributed by atoms with van der Waals surface area (Å²) in [7, 11) is 3.20. The van der Waals surface area contributed by atoms with Crippen molar-refractivity contribution < 1.29 is 28.8 Å². The summed E-state index contributed by atoms with van der Waals surface area (Å²) >= 11 is 0. The van der Waals surface area contributed by atoms with Crippen molar-refractivity contribution in [1.29, 1.82) is 0 Å². The minimum Gasteiger partial charge on any atom is -0.497 e. The Morgan fingerprint density at radius 3 is 2.26 bits per heavy atom. The molecule has 0 heterocycles. The lowest BCUT2D eigenvalue weighted by molar-refractivity contribution is -0.149. The molecule has 0 radical (unpaired) electrons. The molecule has 0 fully saturated rings. The number of carboxylic acid groups (broad SMARTS) is 1. The number of allylic oxidation sites excluding steroid dienone is 1. The van der Waals surface area contributed by atoms with Gasteiger partial charge in [-0.25, -0.2) is 4.79 Å². The number of benzene rings is 2. The molecule has 164 valence electrons.